The zero-order valence-corrected chi connectivity index (χ0v) is 12.8. The smallest absolute Gasteiger partial charge is 0.308 e. The lowest BCUT2D eigenvalue weighted by molar-refractivity contribution is -0.140. The summed E-state index contributed by atoms with van der Waals surface area (Å²) in [6, 6.07) is 7.15. The number of amides is 1. The summed E-state index contributed by atoms with van der Waals surface area (Å²) in [4.78, 5) is 24.8. The predicted molar refractivity (Wildman–Crippen MR) is 81.7 cm³/mol. The first kappa shape index (κ1) is 17.0. The summed E-state index contributed by atoms with van der Waals surface area (Å²) in [5.74, 6) is -0.849. The van der Waals surface area contributed by atoms with Crippen LogP contribution in [0.25, 0.3) is 0 Å². The van der Waals surface area contributed by atoms with Crippen molar-refractivity contribution in [3.63, 3.8) is 0 Å². The molecule has 1 rings (SSSR count). The molecule has 21 heavy (non-hydrogen) atoms. The molecule has 0 spiro atoms. The van der Waals surface area contributed by atoms with Gasteiger partial charge in [0, 0.05) is 18.7 Å². The molecule has 0 saturated heterocycles. The molecule has 0 aliphatic carbocycles. The number of carbonyl (C=O) groups excluding carboxylic acids is 1. The monoisotopic (exact) mass is 293 g/mol. The average Bonchev–Trinajstić information content (AvgIpc) is 2.46. The van der Waals surface area contributed by atoms with Crippen molar-refractivity contribution < 1.29 is 19.4 Å². The Morgan fingerprint density at radius 1 is 1.24 bits per heavy atom. The molecule has 1 N–H and O–H groups in total. The maximum absolute atomic E-state index is 12.2. The number of carboxylic acid groups (broad SMARTS) is 1. The van der Waals surface area contributed by atoms with E-state index in [0.29, 0.717) is 18.7 Å². The lowest BCUT2D eigenvalue weighted by Gasteiger charge is -2.25. The van der Waals surface area contributed by atoms with E-state index in [1.165, 1.54) is 4.90 Å². The van der Waals surface area contributed by atoms with Gasteiger partial charge in [0.25, 0.3) is 0 Å². The topological polar surface area (TPSA) is 66.8 Å². The molecule has 0 bridgehead atoms. The minimum Gasteiger partial charge on any atom is -0.494 e. The van der Waals surface area contributed by atoms with E-state index in [9.17, 15) is 9.59 Å². The van der Waals surface area contributed by atoms with Gasteiger partial charge in [-0.3, -0.25) is 9.59 Å². The lowest BCUT2D eigenvalue weighted by Crippen LogP contribution is -2.36. The maximum atomic E-state index is 12.2. The van der Waals surface area contributed by atoms with Crippen molar-refractivity contribution in [2.45, 2.75) is 33.6 Å². The Morgan fingerprint density at radius 2 is 1.86 bits per heavy atom. The summed E-state index contributed by atoms with van der Waals surface area (Å²) >= 11 is 0. The van der Waals surface area contributed by atoms with Gasteiger partial charge in [0.15, 0.2) is 0 Å². The van der Waals surface area contributed by atoms with Crippen LogP contribution in [-0.2, 0) is 9.59 Å². The van der Waals surface area contributed by atoms with Gasteiger partial charge in [0.1, 0.15) is 5.75 Å². The number of hydrogen-bond acceptors (Lipinski definition) is 3. The van der Waals surface area contributed by atoms with Gasteiger partial charge in [0.05, 0.1) is 12.5 Å². The highest BCUT2D eigenvalue weighted by Crippen LogP contribution is 2.21. The molecule has 1 amide bonds. The van der Waals surface area contributed by atoms with E-state index in [1.807, 2.05) is 13.8 Å². The van der Waals surface area contributed by atoms with Crippen LogP contribution in [0.1, 0.15) is 33.6 Å². The Bertz CT molecular complexity index is 470. The summed E-state index contributed by atoms with van der Waals surface area (Å²) in [6.45, 7) is 6.17. The van der Waals surface area contributed by atoms with Gasteiger partial charge in [-0.2, -0.15) is 0 Å². The van der Waals surface area contributed by atoms with E-state index in [1.54, 1.807) is 31.2 Å². The fourth-order valence-electron chi connectivity index (χ4n) is 1.94. The first-order valence-electron chi connectivity index (χ1n) is 7.25. The third-order valence-corrected chi connectivity index (χ3v) is 3.10. The van der Waals surface area contributed by atoms with Gasteiger partial charge in [-0.1, -0.05) is 13.8 Å². The number of carboxylic acids is 1. The van der Waals surface area contributed by atoms with Crippen molar-refractivity contribution in [1.29, 1.82) is 0 Å². The molecule has 0 aliphatic heterocycles. The fourth-order valence-corrected chi connectivity index (χ4v) is 1.94. The Hall–Kier alpha value is -2.04. The van der Waals surface area contributed by atoms with Crippen molar-refractivity contribution in [2.24, 2.45) is 5.92 Å². The Labute approximate surface area is 125 Å². The number of nitrogens with zero attached hydrogens (tertiary/aromatic N) is 1. The highest BCUT2D eigenvalue weighted by molar-refractivity contribution is 5.94. The molecule has 0 aliphatic rings. The number of aliphatic carboxylic acids is 1. The van der Waals surface area contributed by atoms with Crippen LogP contribution < -0.4 is 9.64 Å². The molecule has 0 heterocycles. The first-order valence-corrected chi connectivity index (χ1v) is 7.25. The minimum absolute atomic E-state index is 0.0604. The van der Waals surface area contributed by atoms with Crippen LogP contribution in [0.15, 0.2) is 24.3 Å². The maximum Gasteiger partial charge on any atom is 0.308 e. The highest BCUT2D eigenvalue weighted by atomic mass is 16.5. The quantitative estimate of drug-likeness (QED) is 0.800. The fraction of sp³-hybridized carbons (Fsp3) is 0.500. The summed E-state index contributed by atoms with van der Waals surface area (Å²) in [5, 5.41) is 9.05. The van der Waals surface area contributed by atoms with Gasteiger partial charge in [-0.15, -0.1) is 0 Å². The lowest BCUT2D eigenvalue weighted by atomic mass is 10.1. The molecule has 5 heteroatoms. The summed E-state index contributed by atoms with van der Waals surface area (Å²) in [7, 11) is 0. The van der Waals surface area contributed by atoms with Crippen molar-refractivity contribution in [2.75, 3.05) is 18.1 Å². The molecular formula is C16H23NO4. The number of anilines is 1. The van der Waals surface area contributed by atoms with Crippen LogP contribution in [0.5, 0.6) is 5.75 Å². The van der Waals surface area contributed by atoms with Crippen LogP contribution in [0.3, 0.4) is 0 Å². The molecule has 116 valence electrons. The van der Waals surface area contributed by atoms with E-state index in [0.717, 1.165) is 12.2 Å². The molecule has 1 aromatic carbocycles. The van der Waals surface area contributed by atoms with Crippen LogP contribution in [0.2, 0.25) is 0 Å². The van der Waals surface area contributed by atoms with E-state index < -0.39 is 11.9 Å². The first-order chi connectivity index (χ1) is 9.99. The zero-order valence-electron chi connectivity index (χ0n) is 12.8. The molecule has 0 saturated carbocycles. The van der Waals surface area contributed by atoms with Crippen LogP contribution in [0.4, 0.5) is 5.69 Å². The van der Waals surface area contributed by atoms with Crippen LogP contribution >= 0.6 is 0 Å². The molecule has 0 radical (unpaired) electrons. The molecule has 0 aromatic heterocycles. The van der Waals surface area contributed by atoms with Crippen molar-refractivity contribution in [3.05, 3.63) is 24.3 Å². The molecule has 1 aromatic rings. The van der Waals surface area contributed by atoms with Gasteiger partial charge in [-0.25, -0.2) is 0 Å². The number of benzene rings is 1. The zero-order chi connectivity index (χ0) is 15.8. The summed E-state index contributed by atoms with van der Waals surface area (Å²) in [6.07, 6.45) is 1.13. The number of carbonyl (C=O) groups is 2. The third-order valence-electron chi connectivity index (χ3n) is 3.10. The van der Waals surface area contributed by atoms with Gasteiger partial charge < -0.3 is 14.7 Å². The average molecular weight is 293 g/mol. The third kappa shape index (κ3) is 5.10. The molecule has 1 atom stereocenters. The summed E-state index contributed by atoms with van der Waals surface area (Å²) < 4.78 is 5.37. The SMILES string of the molecule is CCCC(=O)N(CC(C)C(=O)O)c1ccc(OCC)cc1. The standard InChI is InChI=1S/C16H23NO4/c1-4-6-15(18)17(11-12(3)16(19)20)13-7-9-14(10-8-13)21-5-2/h7-10,12H,4-6,11H2,1-3H3,(H,19,20). The van der Waals surface area contributed by atoms with E-state index in [4.69, 9.17) is 9.84 Å². The van der Waals surface area contributed by atoms with E-state index in [-0.39, 0.29) is 12.5 Å². The number of ether oxygens (including phenoxy) is 1. The molecule has 0 fully saturated rings. The van der Waals surface area contributed by atoms with Crippen LogP contribution in [0, 0.1) is 5.92 Å². The van der Waals surface area contributed by atoms with Gasteiger partial charge in [0.2, 0.25) is 5.91 Å². The van der Waals surface area contributed by atoms with E-state index >= 15 is 0 Å². The summed E-state index contributed by atoms with van der Waals surface area (Å²) in [5.41, 5.74) is 0.699. The number of hydrogen-bond donors (Lipinski definition) is 1. The van der Waals surface area contributed by atoms with Crippen molar-refractivity contribution in [3.8, 4) is 5.75 Å². The van der Waals surface area contributed by atoms with Crippen molar-refractivity contribution in [1.82, 2.24) is 0 Å². The number of rotatable bonds is 8. The Balaban J connectivity index is 2.93. The van der Waals surface area contributed by atoms with E-state index in [2.05, 4.69) is 0 Å². The predicted octanol–water partition coefficient (Wildman–Crippen LogP) is 2.94. The second kappa shape index (κ2) is 8.29. The minimum atomic E-state index is -0.907. The van der Waals surface area contributed by atoms with Crippen LogP contribution in [-0.4, -0.2) is 30.1 Å². The normalized spacial score (nSPS) is 11.8. The molecular weight excluding hydrogens is 270 g/mol. The Morgan fingerprint density at radius 3 is 2.33 bits per heavy atom. The van der Waals surface area contributed by atoms with Gasteiger partial charge in [-0.05, 0) is 37.6 Å². The molecule has 5 nitrogen and oxygen atoms in total. The van der Waals surface area contributed by atoms with Gasteiger partial charge >= 0.3 is 5.97 Å². The largest absolute Gasteiger partial charge is 0.494 e. The van der Waals surface area contributed by atoms with Crippen molar-refractivity contribution >= 4 is 17.6 Å². The highest BCUT2D eigenvalue weighted by Gasteiger charge is 2.21. The second-order valence-electron chi connectivity index (χ2n) is 4.92. The second-order valence-corrected chi connectivity index (χ2v) is 4.92. The Kier molecular flexibility index (Phi) is 6.72. The molecule has 1 unspecified atom stereocenters.